The van der Waals surface area contributed by atoms with Crippen LogP contribution < -0.4 is 16.1 Å². The summed E-state index contributed by atoms with van der Waals surface area (Å²) in [6.45, 7) is 1.95. The lowest BCUT2D eigenvalue weighted by atomic mass is 10.1. The topological polar surface area (TPSA) is 99.7 Å². The summed E-state index contributed by atoms with van der Waals surface area (Å²) in [5.41, 5.74) is 5.26. The van der Waals surface area contributed by atoms with Gasteiger partial charge in [-0.1, -0.05) is 66.2 Å². The second-order valence-corrected chi connectivity index (χ2v) is 6.81. The Labute approximate surface area is 185 Å². The van der Waals surface area contributed by atoms with Crippen molar-refractivity contribution in [2.75, 3.05) is 10.6 Å². The van der Waals surface area contributed by atoms with Crippen molar-refractivity contribution in [2.45, 2.75) is 6.92 Å². The Bertz CT molecular complexity index is 1150. The zero-order valence-electron chi connectivity index (χ0n) is 17.4. The van der Waals surface area contributed by atoms with Gasteiger partial charge in [0.25, 0.3) is 5.91 Å². The molecule has 160 valence electrons. The Morgan fingerprint density at radius 3 is 2.22 bits per heavy atom. The average Bonchev–Trinajstić information content (AvgIpc) is 2.81. The number of carbonyl (C=O) groups excluding carboxylic acids is 3. The minimum atomic E-state index is -0.955. The van der Waals surface area contributed by atoms with Crippen LogP contribution in [0.5, 0.6) is 0 Å². The molecule has 0 aliphatic carbocycles. The first-order valence-corrected chi connectivity index (χ1v) is 9.86. The van der Waals surface area contributed by atoms with E-state index in [2.05, 4.69) is 21.2 Å². The number of hydrogen-bond acceptors (Lipinski definition) is 4. The summed E-state index contributed by atoms with van der Waals surface area (Å²) in [5.74, 6) is -2.30. The van der Waals surface area contributed by atoms with Crippen molar-refractivity contribution in [2.24, 2.45) is 5.10 Å². The maximum atomic E-state index is 12.6. The lowest BCUT2D eigenvalue weighted by molar-refractivity contribution is -0.136. The number of allylic oxidation sites excluding steroid dienone is 1. The highest BCUT2D eigenvalue weighted by Gasteiger charge is 2.17. The Balaban J connectivity index is 1.58. The van der Waals surface area contributed by atoms with Gasteiger partial charge in [0.2, 0.25) is 0 Å². The van der Waals surface area contributed by atoms with Crippen molar-refractivity contribution >= 4 is 41.4 Å². The molecule has 0 radical (unpaired) electrons. The minimum absolute atomic E-state index is 0.213. The first-order valence-electron chi connectivity index (χ1n) is 9.86. The lowest BCUT2D eigenvalue weighted by Gasteiger charge is -2.11. The molecule has 0 fully saturated rings. The molecule has 0 heterocycles. The molecule has 3 aromatic rings. The Kier molecular flexibility index (Phi) is 7.64. The number of carbonyl (C=O) groups is 3. The van der Waals surface area contributed by atoms with Crippen LogP contribution in [0.25, 0.3) is 6.08 Å². The van der Waals surface area contributed by atoms with Gasteiger partial charge in [0.15, 0.2) is 0 Å². The quantitative estimate of drug-likeness (QED) is 0.316. The van der Waals surface area contributed by atoms with Crippen molar-refractivity contribution in [1.29, 1.82) is 0 Å². The van der Waals surface area contributed by atoms with Crippen molar-refractivity contribution in [3.8, 4) is 0 Å². The van der Waals surface area contributed by atoms with Gasteiger partial charge in [-0.05, 0) is 42.8 Å². The molecule has 0 saturated heterocycles. The van der Waals surface area contributed by atoms with E-state index in [9.17, 15) is 14.4 Å². The number of amides is 3. The van der Waals surface area contributed by atoms with Gasteiger partial charge >= 0.3 is 11.8 Å². The highest BCUT2D eigenvalue weighted by molar-refractivity contribution is 6.40. The normalized spacial score (nSPS) is 10.8. The first kappa shape index (κ1) is 22.2. The molecule has 3 rings (SSSR count). The molecular weight excluding hydrogens is 404 g/mol. The summed E-state index contributed by atoms with van der Waals surface area (Å²) < 4.78 is 0. The molecule has 7 nitrogen and oxygen atoms in total. The molecule has 3 amide bonds. The second kappa shape index (κ2) is 11.0. The third-order valence-corrected chi connectivity index (χ3v) is 4.35. The summed E-state index contributed by atoms with van der Waals surface area (Å²) in [6.07, 6.45) is 4.80. The fraction of sp³-hybridized carbons (Fsp3) is 0.0400. The van der Waals surface area contributed by atoms with Crippen molar-refractivity contribution in [3.05, 3.63) is 102 Å². The van der Waals surface area contributed by atoms with Crippen LogP contribution in [0.1, 0.15) is 21.5 Å². The third-order valence-electron chi connectivity index (χ3n) is 4.35. The number of hydrogen-bond donors (Lipinski definition) is 3. The molecule has 0 saturated carbocycles. The molecule has 0 aliphatic rings. The molecule has 3 N–H and O–H groups in total. The number of hydrazone groups is 1. The van der Waals surface area contributed by atoms with E-state index < -0.39 is 17.7 Å². The zero-order valence-corrected chi connectivity index (χ0v) is 17.4. The number of aryl methyl sites for hydroxylation is 1. The number of anilines is 2. The van der Waals surface area contributed by atoms with Gasteiger partial charge in [-0.2, -0.15) is 5.10 Å². The van der Waals surface area contributed by atoms with Gasteiger partial charge in [-0.3, -0.25) is 14.4 Å². The van der Waals surface area contributed by atoms with Crippen molar-refractivity contribution in [3.63, 3.8) is 0 Å². The lowest BCUT2D eigenvalue weighted by Crippen LogP contribution is -2.33. The highest BCUT2D eigenvalue weighted by atomic mass is 16.2. The molecule has 0 spiro atoms. The van der Waals surface area contributed by atoms with Gasteiger partial charge in [-0.15, -0.1) is 0 Å². The highest BCUT2D eigenvalue weighted by Crippen LogP contribution is 2.18. The van der Waals surface area contributed by atoms with Gasteiger partial charge < -0.3 is 10.6 Å². The standard InChI is InChI=1S/C25H22N4O3/c1-18-13-15-20(16-14-18)27-23(30)21-11-5-6-12-22(21)28-24(31)25(32)29-26-17-7-10-19-8-3-2-4-9-19/h2-17H,1H3,(H,27,30)(H,28,31)(H,29,32). The van der Waals surface area contributed by atoms with Crippen LogP contribution in [0.2, 0.25) is 0 Å². The summed E-state index contributed by atoms with van der Waals surface area (Å²) >= 11 is 0. The van der Waals surface area contributed by atoms with Crippen LogP contribution >= 0.6 is 0 Å². The van der Waals surface area contributed by atoms with Crippen molar-refractivity contribution in [1.82, 2.24) is 5.43 Å². The predicted octanol–water partition coefficient (Wildman–Crippen LogP) is 4.00. The van der Waals surface area contributed by atoms with Crippen LogP contribution in [0.4, 0.5) is 11.4 Å². The molecule has 3 aromatic carbocycles. The predicted molar refractivity (Wildman–Crippen MR) is 126 cm³/mol. The molecular formula is C25H22N4O3. The summed E-state index contributed by atoms with van der Waals surface area (Å²) in [5, 5.41) is 8.94. The smallest absolute Gasteiger partial charge is 0.322 e. The summed E-state index contributed by atoms with van der Waals surface area (Å²) in [4.78, 5) is 36.9. The number of nitrogens with zero attached hydrogens (tertiary/aromatic N) is 1. The van der Waals surface area contributed by atoms with E-state index in [1.165, 1.54) is 6.21 Å². The molecule has 0 aromatic heterocycles. The fourth-order valence-electron chi connectivity index (χ4n) is 2.71. The van der Waals surface area contributed by atoms with Gasteiger partial charge in [-0.25, -0.2) is 5.43 Å². The maximum absolute atomic E-state index is 12.6. The molecule has 7 heteroatoms. The molecule has 0 unspecified atom stereocenters. The van der Waals surface area contributed by atoms with Gasteiger partial charge in [0.05, 0.1) is 11.3 Å². The number of rotatable bonds is 6. The average molecular weight is 426 g/mol. The monoisotopic (exact) mass is 426 g/mol. The minimum Gasteiger partial charge on any atom is -0.322 e. The number of para-hydroxylation sites is 1. The summed E-state index contributed by atoms with van der Waals surface area (Å²) in [7, 11) is 0. The van der Waals surface area contributed by atoms with Crippen LogP contribution in [0.3, 0.4) is 0 Å². The third kappa shape index (κ3) is 6.50. The second-order valence-electron chi connectivity index (χ2n) is 6.81. The van der Waals surface area contributed by atoms with E-state index in [-0.39, 0.29) is 11.3 Å². The number of benzene rings is 3. The number of nitrogens with one attached hydrogen (secondary N) is 3. The molecule has 0 aliphatic heterocycles. The molecule has 0 bridgehead atoms. The summed E-state index contributed by atoms with van der Waals surface area (Å²) in [6, 6.07) is 23.3. The molecule has 0 atom stereocenters. The molecule has 32 heavy (non-hydrogen) atoms. The van der Waals surface area contributed by atoms with Crippen molar-refractivity contribution < 1.29 is 14.4 Å². The van der Waals surface area contributed by atoms with Crippen LogP contribution in [-0.2, 0) is 9.59 Å². The largest absolute Gasteiger partial charge is 0.329 e. The van der Waals surface area contributed by atoms with Gasteiger partial charge in [0, 0.05) is 11.9 Å². The maximum Gasteiger partial charge on any atom is 0.329 e. The fourth-order valence-corrected chi connectivity index (χ4v) is 2.71. The van der Waals surface area contributed by atoms with E-state index >= 15 is 0 Å². The van der Waals surface area contributed by atoms with E-state index in [0.29, 0.717) is 5.69 Å². The van der Waals surface area contributed by atoms with Gasteiger partial charge in [0.1, 0.15) is 0 Å². The SMILES string of the molecule is Cc1ccc(NC(=O)c2ccccc2NC(=O)C(=O)NN=CC=Cc2ccccc2)cc1. The Morgan fingerprint density at radius 1 is 0.781 bits per heavy atom. The Hall–Kier alpha value is -4.52. The Morgan fingerprint density at radius 2 is 1.47 bits per heavy atom. The van der Waals surface area contributed by atoms with E-state index in [1.807, 2.05) is 49.4 Å². The van der Waals surface area contributed by atoms with Crippen LogP contribution in [0.15, 0.2) is 90.0 Å². The zero-order chi connectivity index (χ0) is 22.8. The van der Waals surface area contributed by atoms with Crippen LogP contribution in [0, 0.1) is 6.92 Å². The first-order chi connectivity index (χ1) is 15.5. The van der Waals surface area contributed by atoms with E-state index in [0.717, 1.165) is 11.1 Å². The van der Waals surface area contributed by atoms with E-state index in [1.54, 1.807) is 48.6 Å². The van der Waals surface area contributed by atoms with E-state index in [4.69, 9.17) is 0 Å². The van der Waals surface area contributed by atoms with Crippen LogP contribution in [-0.4, -0.2) is 23.9 Å².